The largest absolute Gasteiger partial charge is 0.353 e. The van der Waals surface area contributed by atoms with E-state index in [1.165, 1.54) is 18.4 Å². The van der Waals surface area contributed by atoms with Gasteiger partial charge in [0.2, 0.25) is 0 Å². The molecule has 0 aliphatic carbocycles. The van der Waals surface area contributed by atoms with E-state index in [-0.39, 0.29) is 11.2 Å². The van der Waals surface area contributed by atoms with Crippen LogP contribution in [0.15, 0.2) is 42.5 Å². The van der Waals surface area contributed by atoms with Gasteiger partial charge in [-0.1, -0.05) is 82.1 Å². The number of allylic oxidation sites excluding steroid dienone is 2. The van der Waals surface area contributed by atoms with E-state index in [9.17, 15) is 0 Å². The number of piperazine rings is 1. The van der Waals surface area contributed by atoms with Crippen molar-refractivity contribution < 1.29 is 4.39 Å². The van der Waals surface area contributed by atoms with Crippen molar-refractivity contribution in [2.75, 3.05) is 18.0 Å². The van der Waals surface area contributed by atoms with Gasteiger partial charge in [-0.2, -0.15) is 0 Å². The second-order valence-corrected chi connectivity index (χ2v) is 12.8. The number of benzene rings is 2. The van der Waals surface area contributed by atoms with Crippen molar-refractivity contribution >= 4 is 33.9 Å². The van der Waals surface area contributed by atoms with Crippen molar-refractivity contribution in [1.29, 1.82) is 0 Å². The smallest absolute Gasteiger partial charge is 0.158 e. The Balaban J connectivity index is 1.54. The summed E-state index contributed by atoms with van der Waals surface area (Å²) in [7, 11) is 0. The quantitative estimate of drug-likeness (QED) is 0.292. The Morgan fingerprint density at radius 1 is 1.18 bits per heavy atom. The van der Waals surface area contributed by atoms with E-state index < -0.39 is 0 Å². The van der Waals surface area contributed by atoms with Crippen LogP contribution in [0.3, 0.4) is 0 Å². The maximum Gasteiger partial charge on any atom is 0.158 e. The zero-order valence-electron chi connectivity index (χ0n) is 24.0. The lowest BCUT2D eigenvalue weighted by Crippen LogP contribution is -2.51. The van der Waals surface area contributed by atoms with Crippen molar-refractivity contribution in [2.24, 2.45) is 5.41 Å². The molecule has 2 bridgehead atoms. The highest BCUT2D eigenvalue weighted by Crippen LogP contribution is 2.38. The van der Waals surface area contributed by atoms with Crippen LogP contribution in [0.2, 0.25) is 5.02 Å². The summed E-state index contributed by atoms with van der Waals surface area (Å²) < 4.78 is 16.4. The normalized spacial score (nSPS) is 20.6. The summed E-state index contributed by atoms with van der Waals surface area (Å²) in [6.45, 7) is 12.7. The first-order valence-electron chi connectivity index (χ1n) is 14.6. The molecular weight excluding hydrogens is 507 g/mol. The summed E-state index contributed by atoms with van der Waals surface area (Å²) in [5, 5.41) is 4.83. The van der Waals surface area contributed by atoms with E-state index in [0.29, 0.717) is 39.5 Å². The maximum absolute atomic E-state index is 16.4. The average Bonchev–Trinajstić information content (AvgIpc) is 3.28. The summed E-state index contributed by atoms with van der Waals surface area (Å²) in [5.74, 6) is 1.54. The molecule has 3 unspecified atom stereocenters. The van der Waals surface area contributed by atoms with Gasteiger partial charge in [-0.3, -0.25) is 0 Å². The first kappa shape index (κ1) is 28.0. The van der Waals surface area contributed by atoms with Crippen LogP contribution in [-0.2, 0) is 6.42 Å². The maximum atomic E-state index is 16.4. The van der Waals surface area contributed by atoms with E-state index >= 15 is 4.39 Å². The Bertz CT molecular complexity index is 1340. The van der Waals surface area contributed by atoms with Gasteiger partial charge in [0.1, 0.15) is 17.2 Å². The van der Waals surface area contributed by atoms with E-state index in [1.807, 2.05) is 19.1 Å². The van der Waals surface area contributed by atoms with Crippen LogP contribution in [0.1, 0.15) is 89.6 Å². The van der Waals surface area contributed by atoms with Gasteiger partial charge < -0.3 is 10.2 Å². The lowest BCUT2D eigenvalue weighted by molar-refractivity contribution is 0.320. The van der Waals surface area contributed by atoms with Gasteiger partial charge in [0.15, 0.2) is 5.82 Å². The van der Waals surface area contributed by atoms with E-state index in [0.717, 1.165) is 56.0 Å². The summed E-state index contributed by atoms with van der Waals surface area (Å²) in [4.78, 5) is 12.2. The van der Waals surface area contributed by atoms with Gasteiger partial charge in [-0.15, -0.1) is 0 Å². The number of rotatable bonds is 9. The molecule has 3 heterocycles. The molecule has 1 aromatic heterocycles. The third kappa shape index (κ3) is 6.15. The molecule has 6 heteroatoms. The molecule has 39 heavy (non-hydrogen) atoms. The Morgan fingerprint density at radius 2 is 1.87 bits per heavy atom. The first-order valence-corrected chi connectivity index (χ1v) is 14.9. The number of nitrogens with one attached hydrogen (secondary N) is 1. The molecule has 3 atom stereocenters. The molecule has 0 amide bonds. The highest BCUT2D eigenvalue weighted by Gasteiger charge is 2.34. The number of hydrogen-bond donors (Lipinski definition) is 1. The van der Waals surface area contributed by atoms with E-state index in [2.05, 4.69) is 68.3 Å². The van der Waals surface area contributed by atoms with Gasteiger partial charge >= 0.3 is 0 Å². The summed E-state index contributed by atoms with van der Waals surface area (Å²) in [6.07, 6.45) is 8.02. The minimum atomic E-state index is -0.337. The van der Waals surface area contributed by atoms with E-state index in [4.69, 9.17) is 21.6 Å². The van der Waals surface area contributed by atoms with Gasteiger partial charge in [0.05, 0.1) is 5.02 Å². The van der Waals surface area contributed by atoms with E-state index in [1.54, 1.807) is 0 Å². The van der Waals surface area contributed by atoms with Crippen LogP contribution in [0.5, 0.6) is 0 Å². The lowest BCUT2D eigenvalue weighted by atomic mass is 9.85. The van der Waals surface area contributed by atoms with Gasteiger partial charge in [0, 0.05) is 42.5 Å². The number of hydrogen-bond acceptors (Lipinski definition) is 4. The molecule has 2 saturated heterocycles. The molecule has 2 aromatic carbocycles. The van der Waals surface area contributed by atoms with Crippen LogP contribution < -0.4 is 10.2 Å². The molecule has 1 N–H and O–H groups in total. The number of fused-ring (bicyclic) bond motifs is 3. The van der Waals surface area contributed by atoms with Gasteiger partial charge in [0.25, 0.3) is 0 Å². The molecule has 0 spiro atoms. The zero-order chi connectivity index (χ0) is 27.7. The standard InChI is InChI=1S/C33H42ClFN4/c1-6-33(4,5)17-16-28-37-31-26(32(38-28)39-19-24-14-15-25(20-39)36-24)18-27(34)29(30(31)35)22(3)13-12-21(2)23-10-8-7-9-11-23/h7-11,13,18,21,24-25,36H,6,12,14-17,19-20H2,1-5H3/b22-13+. The monoisotopic (exact) mass is 548 g/mol. The second-order valence-electron chi connectivity index (χ2n) is 12.4. The molecule has 3 aromatic rings. The van der Waals surface area contributed by atoms with Crippen molar-refractivity contribution in [3.63, 3.8) is 0 Å². The third-order valence-corrected chi connectivity index (χ3v) is 9.25. The molecule has 2 fully saturated rings. The zero-order valence-corrected chi connectivity index (χ0v) is 24.8. The summed E-state index contributed by atoms with van der Waals surface area (Å²) in [5.41, 5.74) is 3.14. The Morgan fingerprint density at radius 3 is 2.54 bits per heavy atom. The molecule has 2 aliphatic rings. The summed E-state index contributed by atoms with van der Waals surface area (Å²) in [6, 6.07) is 13.2. The fraction of sp³-hybridized carbons (Fsp3) is 0.515. The SMILES string of the molecule is CCC(C)(C)CCc1nc(N2CC3CCC(C2)N3)c2cc(Cl)c(/C(C)=C/CC(C)c3ccccc3)c(F)c2n1. The number of halogens is 2. The number of anilines is 1. The Kier molecular flexibility index (Phi) is 8.30. The topological polar surface area (TPSA) is 41.1 Å². The second kappa shape index (κ2) is 11.5. The molecule has 2 aliphatic heterocycles. The van der Waals surface area contributed by atoms with Gasteiger partial charge in [-0.05, 0) is 61.1 Å². The Labute approximate surface area is 238 Å². The summed E-state index contributed by atoms with van der Waals surface area (Å²) >= 11 is 6.83. The average molecular weight is 549 g/mol. The van der Waals surface area contributed by atoms with Crippen molar-refractivity contribution in [3.8, 4) is 0 Å². The fourth-order valence-corrected chi connectivity index (χ4v) is 6.25. The van der Waals surface area contributed by atoms with Crippen LogP contribution in [0, 0.1) is 11.2 Å². The molecule has 0 radical (unpaired) electrons. The molecular formula is C33H42ClFN4. The Hall–Kier alpha value is -2.50. The van der Waals surface area contributed by atoms with Crippen LogP contribution in [0.25, 0.3) is 16.5 Å². The predicted octanol–water partition coefficient (Wildman–Crippen LogP) is 8.33. The first-order chi connectivity index (χ1) is 18.6. The number of nitrogens with zero attached hydrogens (tertiary/aromatic N) is 3. The van der Waals surface area contributed by atoms with Crippen molar-refractivity contribution in [1.82, 2.24) is 15.3 Å². The fourth-order valence-electron chi connectivity index (χ4n) is 5.91. The van der Waals surface area contributed by atoms with Gasteiger partial charge in [-0.25, -0.2) is 14.4 Å². The number of aryl methyl sites for hydroxylation is 1. The minimum absolute atomic E-state index is 0.186. The van der Waals surface area contributed by atoms with Crippen LogP contribution in [0.4, 0.5) is 10.2 Å². The molecule has 5 rings (SSSR count). The predicted molar refractivity (Wildman–Crippen MR) is 162 cm³/mol. The highest BCUT2D eigenvalue weighted by atomic mass is 35.5. The van der Waals surface area contributed by atoms with Crippen LogP contribution in [-0.4, -0.2) is 35.1 Å². The molecule has 208 valence electrons. The lowest BCUT2D eigenvalue weighted by Gasteiger charge is -2.34. The molecule has 4 nitrogen and oxygen atoms in total. The minimum Gasteiger partial charge on any atom is -0.353 e. The number of aromatic nitrogens is 2. The van der Waals surface area contributed by atoms with Crippen molar-refractivity contribution in [2.45, 2.75) is 91.1 Å². The highest BCUT2D eigenvalue weighted by molar-refractivity contribution is 6.33. The van der Waals surface area contributed by atoms with Crippen molar-refractivity contribution in [3.05, 3.63) is 70.3 Å². The third-order valence-electron chi connectivity index (χ3n) is 8.95. The molecule has 0 saturated carbocycles. The van der Waals surface area contributed by atoms with Crippen LogP contribution >= 0.6 is 11.6 Å².